The summed E-state index contributed by atoms with van der Waals surface area (Å²) in [7, 11) is 0. The molecule has 3 rings (SSSR count). The summed E-state index contributed by atoms with van der Waals surface area (Å²) in [4.78, 5) is 26.3. The van der Waals surface area contributed by atoms with Gasteiger partial charge >= 0.3 is 5.97 Å². The van der Waals surface area contributed by atoms with Gasteiger partial charge in [-0.15, -0.1) is 11.3 Å². The number of esters is 1. The summed E-state index contributed by atoms with van der Waals surface area (Å²) in [5.41, 5.74) is 2.54. The number of ether oxygens (including phenoxy) is 1. The predicted octanol–water partition coefficient (Wildman–Crippen LogP) is 5.09. The first-order chi connectivity index (χ1) is 12.9. The molecule has 5 heteroatoms. The molecule has 2 aromatic rings. The minimum absolute atomic E-state index is 0.197. The van der Waals surface area contributed by atoms with Gasteiger partial charge in [-0.1, -0.05) is 37.3 Å². The quantitative estimate of drug-likeness (QED) is 0.578. The fourth-order valence-corrected chi connectivity index (χ4v) is 4.62. The zero-order valence-corrected chi connectivity index (χ0v) is 16.8. The summed E-state index contributed by atoms with van der Waals surface area (Å²) < 4.78 is 5.44. The Bertz CT molecular complexity index is 852. The van der Waals surface area contributed by atoms with Gasteiger partial charge in [-0.05, 0) is 56.2 Å². The molecule has 1 aromatic carbocycles. The molecule has 0 spiro atoms. The van der Waals surface area contributed by atoms with Crippen LogP contribution in [0.4, 0.5) is 5.00 Å². The molecule has 1 aromatic heterocycles. The Hall–Kier alpha value is -2.40. The van der Waals surface area contributed by atoms with Gasteiger partial charge in [-0.3, -0.25) is 4.79 Å². The lowest BCUT2D eigenvalue weighted by molar-refractivity contribution is -0.111. The van der Waals surface area contributed by atoms with E-state index in [1.807, 2.05) is 44.2 Å². The zero-order valence-electron chi connectivity index (χ0n) is 16.0. The molecule has 0 saturated heterocycles. The topological polar surface area (TPSA) is 55.4 Å². The summed E-state index contributed by atoms with van der Waals surface area (Å²) in [5, 5.41) is 3.50. The van der Waals surface area contributed by atoms with Crippen LogP contribution in [-0.4, -0.2) is 18.0 Å². The van der Waals surface area contributed by atoms with Crippen molar-refractivity contribution >= 4 is 34.3 Å². The average molecular weight is 384 g/mol. The van der Waals surface area contributed by atoms with Gasteiger partial charge in [0.1, 0.15) is 5.00 Å². The number of benzene rings is 1. The van der Waals surface area contributed by atoms with E-state index in [-0.39, 0.29) is 18.0 Å². The lowest BCUT2D eigenvalue weighted by Gasteiger charge is -2.18. The van der Waals surface area contributed by atoms with E-state index in [1.165, 1.54) is 22.3 Å². The van der Waals surface area contributed by atoms with E-state index in [0.29, 0.717) is 16.5 Å². The second-order valence-electron chi connectivity index (χ2n) is 7.24. The maximum Gasteiger partial charge on any atom is 0.341 e. The number of thiophene rings is 1. The number of hydrogen-bond acceptors (Lipinski definition) is 4. The van der Waals surface area contributed by atoms with Gasteiger partial charge in [0.05, 0.1) is 11.7 Å². The van der Waals surface area contributed by atoms with Crippen molar-refractivity contribution in [3.8, 4) is 0 Å². The molecule has 0 radical (unpaired) electrons. The van der Waals surface area contributed by atoms with Gasteiger partial charge in [0.15, 0.2) is 0 Å². The molecule has 1 aliphatic carbocycles. The summed E-state index contributed by atoms with van der Waals surface area (Å²) >= 11 is 1.50. The number of hydrogen-bond donors (Lipinski definition) is 1. The highest BCUT2D eigenvalue weighted by atomic mass is 32.1. The fourth-order valence-electron chi connectivity index (χ4n) is 3.22. The van der Waals surface area contributed by atoms with E-state index >= 15 is 0 Å². The molecule has 1 atom stereocenters. The van der Waals surface area contributed by atoms with Crippen LogP contribution in [0.2, 0.25) is 0 Å². The minimum atomic E-state index is -0.348. The van der Waals surface area contributed by atoms with Crippen LogP contribution in [0.5, 0.6) is 0 Å². The third-order valence-electron chi connectivity index (χ3n) is 4.52. The molecule has 142 valence electrons. The van der Waals surface area contributed by atoms with Crippen LogP contribution in [0.15, 0.2) is 36.4 Å². The molecule has 0 fully saturated rings. The monoisotopic (exact) mass is 383 g/mol. The summed E-state index contributed by atoms with van der Waals surface area (Å²) in [6.07, 6.45) is 5.90. The number of amides is 1. The van der Waals surface area contributed by atoms with Crippen LogP contribution < -0.4 is 5.32 Å². The summed E-state index contributed by atoms with van der Waals surface area (Å²) in [6, 6.07) is 9.64. The van der Waals surface area contributed by atoms with Crippen molar-refractivity contribution < 1.29 is 14.3 Å². The van der Waals surface area contributed by atoms with E-state index in [2.05, 4.69) is 12.2 Å². The largest absolute Gasteiger partial charge is 0.459 e. The van der Waals surface area contributed by atoms with Crippen LogP contribution in [-0.2, 0) is 22.4 Å². The maximum atomic E-state index is 12.7. The van der Waals surface area contributed by atoms with Crippen molar-refractivity contribution in [3.05, 3.63) is 58.0 Å². The van der Waals surface area contributed by atoms with Crippen molar-refractivity contribution in [2.24, 2.45) is 5.92 Å². The van der Waals surface area contributed by atoms with Crippen LogP contribution in [0.3, 0.4) is 0 Å². The first-order valence-electron chi connectivity index (χ1n) is 9.33. The standard InChI is InChI=1S/C22H25NO3S/c1-14(2)26-22(25)20-17-11-9-15(3)13-18(17)27-21(20)23-19(24)12-10-16-7-5-4-6-8-16/h4-8,10,12,14-15H,9,11,13H2,1-3H3,(H,23,24). The average Bonchev–Trinajstić information content (AvgIpc) is 2.97. The number of nitrogens with one attached hydrogen (secondary N) is 1. The van der Waals surface area contributed by atoms with Gasteiger partial charge < -0.3 is 10.1 Å². The first-order valence-corrected chi connectivity index (χ1v) is 10.1. The smallest absolute Gasteiger partial charge is 0.341 e. The highest BCUT2D eigenvalue weighted by Gasteiger charge is 2.29. The van der Waals surface area contributed by atoms with Crippen molar-refractivity contribution in [1.82, 2.24) is 0 Å². The lowest BCUT2D eigenvalue weighted by Crippen LogP contribution is -2.18. The maximum absolute atomic E-state index is 12.7. The highest BCUT2D eigenvalue weighted by molar-refractivity contribution is 7.17. The number of anilines is 1. The van der Waals surface area contributed by atoms with E-state index in [4.69, 9.17) is 4.74 Å². The van der Waals surface area contributed by atoms with Gasteiger partial charge in [0.2, 0.25) is 5.91 Å². The van der Waals surface area contributed by atoms with Crippen molar-refractivity contribution in [2.75, 3.05) is 5.32 Å². The molecular formula is C22H25NO3S. The predicted molar refractivity (Wildman–Crippen MR) is 110 cm³/mol. The second kappa shape index (κ2) is 8.53. The van der Waals surface area contributed by atoms with Crippen LogP contribution in [0, 0.1) is 5.92 Å². The lowest BCUT2D eigenvalue weighted by atomic mass is 9.88. The highest BCUT2D eigenvalue weighted by Crippen LogP contribution is 2.40. The van der Waals surface area contributed by atoms with Gasteiger partial charge in [-0.25, -0.2) is 4.79 Å². The Morgan fingerprint density at radius 3 is 2.70 bits per heavy atom. The van der Waals surface area contributed by atoms with Gasteiger partial charge in [0.25, 0.3) is 0 Å². The van der Waals surface area contributed by atoms with E-state index in [0.717, 1.165) is 30.4 Å². The third kappa shape index (κ3) is 4.86. The number of rotatable bonds is 5. The molecular weight excluding hydrogens is 358 g/mol. The normalized spacial score (nSPS) is 16.4. The fraction of sp³-hybridized carbons (Fsp3) is 0.364. The van der Waals surface area contributed by atoms with Crippen molar-refractivity contribution in [2.45, 2.75) is 46.1 Å². The first kappa shape index (κ1) is 19.4. The number of carbonyl (C=O) groups excluding carboxylic acids is 2. The van der Waals surface area contributed by atoms with Crippen LogP contribution >= 0.6 is 11.3 Å². The van der Waals surface area contributed by atoms with Gasteiger partial charge in [0, 0.05) is 11.0 Å². The molecule has 0 saturated carbocycles. The number of carbonyl (C=O) groups is 2. The molecule has 1 amide bonds. The molecule has 1 unspecified atom stereocenters. The zero-order chi connectivity index (χ0) is 19.4. The van der Waals surface area contributed by atoms with E-state index < -0.39 is 0 Å². The van der Waals surface area contributed by atoms with Crippen LogP contribution in [0.1, 0.15) is 53.6 Å². The number of fused-ring (bicyclic) bond motifs is 1. The molecule has 1 heterocycles. The van der Waals surface area contributed by atoms with E-state index in [1.54, 1.807) is 6.08 Å². The molecule has 0 aliphatic heterocycles. The Kier molecular flexibility index (Phi) is 6.11. The molecule has 1 N–H and O–H groups in total. The SMILES string of the molecule is CC1CCc2c(sc(NC(=O)C=Cc3ccccc3)c2C(=O)OC(C)C)C1. The third-order valence-corrected chi connectivity index (χ3v) is 5.69. The Morgan fingerprint density at radius 1 is 1.26 bits per heavy atom. The Morgan fingerprint density at radius 2 is 2.00 bits per heavy atom. The minimum Gasteiger partial charge on any atom is -0.459 e. The Balaban J connectivity index is 1.84. The summed E-state index contributed by atoms with van der Waals surface area (Å²) in [6.45, 7) is 5.88. The molecule has 4 nitrogen and oxygen atoms in total. The second-order valence-corrected chi connectivity index (χ2v) is 8.35. The van der Waals surface area contributed by atoms with E-state index in [9.17, 15) is 9.59 Å². The molecule has 1 aliphatic rings. The van der Waals surface area contributed by atoms with Gasteiger partial charge in [-0.2, -0.15) is 0 Å². The molecule has 0 bridgehead atoms. The Labute approximate surface area is 164 Å². The summed E-state index contributed by atoms with van der Waals surface area (Å²) in [5.74, 6) is -0.00451. The van der Waals surface area contributed by atoms with Crippen molar-refractivity contribution in [3.63, 3.8) is 0 Å². The van der Waals surface area contributed by atoms with Crippen LogP contribution in [0.25, 0.3) is 6.08 Å². The van der Waals surface area contributed by atoms with Crippen molar-refractivity contribution in [1.29, 1.82) is 0 Å². The molecule has 27 heavy (non-hydrogen) atoms.